The first kappa shape index (κ1) is 30.4. The molecule has 1 unspecified atom stereocenters. The number of para-hydroxylation sites is 1. The molecule has 0 saturated carbocycles. The summed E-state index contributed by atoms with van der Waals surface area (Å²) in [5, 5.41) is 3.91. The normalized spacial score (nSPS) is 14.5. The van der Waals surface area contributed by atoms with Gasteiger partial charge in [0.05, 0.1) is 39.0 Å². The summed E-state index contributed by atoms with van der Waals surface area (Å²) in [5.74, 6) is 0.911. The van der Waals surface area contributed by atoms with Gasteiger partial charge in [-0.25, -0.2) is 4.99 Å². The van der Waals surface area contributed by atoms with Crippen molar-refractivity contribution < 1.29 is 14.3 Å². The van der Waals surface area contributed by atoms with Crippen molar-refractivity contribution in [3.05, 3.63) is 155 Å². The van der Waals surface area contributed by atoms with Gasteiger partial charge in [0, 0.05) is 5.69 Å². The fraction of sp³-hybridized carbons (Fsp3) is 0.114. The molecule has 1 N–H and O–H groups in total. The lowest BCUT2D eigenvalue weighted by atomic mass is 9.95. The summed E-state index contributed by atoms with van der Waals surface area (Å²) in [5.41, 5.74) is 3.68. The minimum atomic E-state index is -0.719. The Bertz CT molecular complexity index is 2120. The van der Waals surface area contributed by atoms with Crippen LogP contribution in [0.15, 0.2) is 118 Å². The molecule has 0 aliphatic carbocycles. The summed E-state index contributed by atoms with van der Waals surface area (Å²) in [4.78, 5) is 33.1. The maximum atomic E-state index is 14.1. The second-order valence-corrected chi connectivity index (χ2v) is 12.1. The number of amides is 1. The van der Waals surface area contributed by atoms with Gasteiger partial charge in [0.15, 0.2) is 4.80 Å². The van der Waals surface area contributed by atoms with Crippen molar-refractivity contribution in [3.8, 4) is 11.5 Å². The Hall–Kier alpha value is -4.63. The highest BCUT2D eigenvalue weighted by Gasteiger charge is 2.32. The van der Waals surface area contributed by atoms with E-state index in [2.05, 4.69) is 5.32 Å². The highest BCUT2D eigenvalue weighted by molar-refractivity contribution is 7.07. The summed E-state index contributed by atoms with van der Waals surface area (Å²) < 4.78 is 13.5. The molecule has 0 bridgehead atoms. The summed E-state index contributed by atoms with van der Waals surface area (Å²) in [6.07, 6.45) is 1.81. The van der Waals surface area contributed by atoms with Crippen LogP contribution < -0.4 is 29.7 Å². The summed E-state index contributed by atoms with van der Waals surface area (Å²) >= 11 is 13.4. The molecule has 1 aliphatic rings. The summed E-state index contributed by atoms with van der Waals surface area (Å²) in [7, 11) is 1.58. The van der Waals surface area contributed by atoms with Gasteiger partial charge in [-0.05, 0) is 78.2 Å². The van der Waals surface area contributed by atoms with Crippen molar-refractivity contribution in [3.63, 3.8) is 0 Å². The number of hydrogen-bond acceptors (Lipinski definition) is 6. The predicted molar refractivity (Wildman–Crippen MR) is 179 cm³/mol. The van der Waals surface area contributed by atoms with Crippen molar-refractivity contribution in [2.24, 2.45) is 4.99 Å². The molecule has 0 spiro atoms. The summed E-state index contributed by atoms with van der Waals surface area (Å²) in [6, 6.07) is 28.7. The Morgan fingerprint density at radius 3 is 2.51 bits per heavy atom. The van der Waals surface area contributed by atoms with E-state index >= 15 is 0 Å². The molecule has 4 aromatic carbocycles. The van der Waals surface area contributed by atoms with Crippen molar-refractivity contribution >= 4 is 52.2 Å². The third kappa shape index (κ3) is 6.59. The lowest BCUT2D eigenvalue weighted by Crippen LogP contribution is -2.40. The molecule has 1 aromatic heterocycles. The number of aromatic nitrogens is 1. The molecule has 5 aromatic rings. The fourth-order valence-corrected chi connectivity index (χ4v) is 6.47. The maximum Gasteiger partial charge on any atom is 0.271 e. The monoisotopic (exact) mass is 655 g/mol. The molecule has 2 heterocycles. The maximum absolute atomic E-state index is 14.1. The van der Waals surface area contributed by atoms with Gasteiger partial charge in [-0.15, -0.1) is 0 Å². The number of thiazole rings is 1. The van der Waals surface area contributed by atoms with Gasteiger partial charge in [-0.3, -0.25) is 14.2 Å². The first-order chi connectivity index (χ1) is 21.8. The quantitative estimate of drug-likeness (QED) is 0.200. The second-order valence-electron chi connectivity index (χ2n) is 10.3. The summed E-state index contributed by atoms with van der Waals surface area (Å²) in [6.45, 7) is 2.09. The standard InChI is InChI=1S/C35H27Cl2N3O4S/c1-21-31(33(41)39-25-10-4-3-5-11-25)32(24-9-7-12-26(19-24)43-2)40-34(42)30(45-35(40)38-21)18-22-8-6-13-27(16-22)44-20-23-14-15-28(36)29(37)17-23/h3-19,32H,20H2,1-2H3,(H,39,41)/b30-18+. The number of carbonyl (C=O) groups excluding carboxylic acids is 1. The van der Waals surface area contributed by atoms with Crippen LogP contribution in [0.4, 0.5) is 5.69 Å². The van der Waals surface area contributed by atoms with Gasteiger partial charge in [-0.1, -0.05) is 83.1 Å². The van der Waals surface area contributed by atoms with E-state index in [4.69, 9.17) is 37.7 Å². The van der Waals surface area contributed by atoms with Gasteiger partial charge in [0.1, 0.15) is 18.1 Å². The third-order valence-electron chi connectivity index (χ3n) is 7.25. The van der Waals surface area contributed by atoms with E-state index < -0.39 is 6.04 Å². The molecule has 1 atom stereocenters. The molecular weight excluding hydrogens is 629 g/mol. The molecule has 6 rings (SSSR count). The Labute approximate surface area is 273 Å². The van der Waals surface area contributed by atoms with E-state index in [0.29, 0.717) is 54.4 Å². The zero-order valence-electron chi connectivity index (χ0n) is 24.3. The number of hydrogen-bond donors (Lipinski definition) is 1. The Kier molecular flexibility index (Phi) is 8.89. The molecule has 1 aliphatic heterocycles. The van der Waals surface area contributed by atoms with Crippen molar-refractivity contribution in [1.82, 2.24) is 4.57 Å². The van der Waals surface area contributed by atoms with E-state index in [9.17, 15) is 9.59 Å². The number of nitrogens with one attached hydrogen (secondary N) is 1. The highest BCUT2D eigenvalue weighted by Crippen LogP contribution is 2.32. The smallest absolute Gasteiger partial charge is 0.271 e. The predicted octanol–water partition coefficient (Wildman–Crippen LogP) is 6.77. The first-order valence-corrected chi connectivity index (χ1v) is 15.6. The number of methoxy groups -OCH3 is 1. The molecule has 0 fully saturated rings. The fourth-order valence-electron chi connectivity index (χ4n) is 5.10. The molecular formula is C35H27Cl2N3O4S. The second kappa shape index (κ2) is 13.2. The zero-order valence-corrected chi connectivity index (χ0v) is 26.6. The average molecular weight is 657 g/mol. The molecule has 0 saturated heterocycles. The van der Waals surface area contributed by atoms with Crippen molar-refractivity contribution in [2.45, 2.75) is 19.6 Å². The number of ether oxygens (including phenoxy) is 2. The van der Waals surface area contributed by atoms with Crippen LogP contribution in [0.3, 0.4) is 0 Å². The lowest BCUT2D eigenvalue weighted by Gasteiger charge is -2.25. The topological polar surface area (TPSA) is 81.9 Å². The van der Waals surface area contributed by atoms with E-state index in [1.165, 1.54) is 11.3 Å². The number of halogens is 2. The van der Waals surface area contributed by atoms with Gasteiger partial charge < -0.3 is 14.8 Å². The molecule has 1 amide bonds. The van der Waals surface area contributed by atoms with E-state index in [-0.39, 0.29) is 11.5 Å². The van der Waals surface area contributed by atoms with E-state index in [1.807, 2.05) is 91.0 Å². The van der Waals surface area contributed by atoms with Gasteiger partial charge in [0.25, 0.3) is 11.5 Å². The molecule has 226 valence electrons. The number of fused-ring (bicyclic) bond motifs is 1. The molecule has 7 nitrogen and oxygen atoms in total. The molecule has 0 radical (unpaired) electrons. The highest BCUT2D eigenvalue weighted by atomic mass is 35.5. The number of anilines is 1. The van der Waals surface area contributed by atoms with Gasteiger partial charge in [0.2, 0.25) is 0 Å². The third-order valence-corrected chi connectivity index (χ3v) is 8.97. The average Bonchev–Trinajstić information content (AvgIpc) is 3.35. The lowest BCUT2D eigenvalue weighted by molar-refractivity contribution is -0.113. The molecule has 10 heteroatoms. The Balaban J connectivity index is 1.38. The zero-order chi connectivity index (χ0) is 31.5. The van der Waals surface area contributed by atoms with Gasteiger partial charge >= 0.3 is 0 Å². The minimum Gasteiger partial charge on any atom is -0.497 e. The number of benzene rings is 4. The van der Waals surface area contributed by atoms with Crippen LogP contribution in [0.1, 0.15) is 29.7 Å². The minimum absolute atomic E-state index is 0.258. The van der Waals surface area contributed by atoms with Crippen LogP contribution in [0, 0.1) is 0 Å². The van der Waals surface area contributed by atoms with Crippen LogP contribution in [-0.4, -0.2) is 17.6 Å². The number of allylic oxidation sites excluding steroid dienone is 1. The Morgan fingerprint density at radius 2 is 1.73 bits per heavy atom. The number of rotatable bonds is 8. The Morgan fingerprint density at radius 1 is 0.956 bits per heavy atom. The van der Waals surface area contributed by atoms with Crippen molar-refractivity contribution in [1.29, 1.82) is 0 Å². The van der Waals surface area contributed by atoms with E-state index in [0.717, 1.165) is 16.7 Å². The SMILES string of the molecule is COc1cccc(C2C(C(=O)Nc3ccccc3)=C(C)N=c3s/c(=C/c4cccc(OCc5ccc(Cl)c(Cl)c5)c4)c(=O)n32)c1. The first-order valence-electron chi connectivity index (χ1n) is 14.0. The number of carbonyl (C=O) groups is 1. The van der Waals surface area contributed by atoms with Crippen LogP contribution >= 0.6 is 34.5 Å². The van der Waals surface area contributed by atoms with Crippen LogP contribution in [0.5, 0.6) is 11.5 Å². The molecule has 45 heavy (non-hydrogen) atoms. The van der Waals surface area contributed by atoms with Crippen molar-refractivity contribution in [2.75, 3.05) is 12.4 Å². The van der Waals surface area contributed by atoms with Gasteiger partial charge in [-0.2, -0.15) is 0 Å². The van der Waals surface area contributed by atoms with Crippen LogP contribution in [0.25, 0.3) is 6.08 Å². The van der Waals surface area contributed by atoms with E-state index in [1.54, 1.807) is 30.7 Å². The van der Waals surface area contributed by atoms with Crippen LogP contribution in [0.2, 0.25) is 10.0 Å². The number of nitrogens with zero attached hydrogens (tertiary/aromatic N) is 2. The largest absolute Gasteiger partial charge is 0.497 e. The van der Waals surface area contributed by atoms with Crippen LogP contribution in [-0.2, 0) is 11.4 Å².